The number of hydrogen-bond acceptors (Lipinski definition) is 7. The number of likely N-dealkylation sites (N-methyl/N-ethyl adjacent to an activating group) is 1. The molecule has 1 aromatic heterocycles. The van der Waals surface area contributed by atoms with E-state index in [2.05, 4.69) is 15.3 Å². The van der Waals surface area contributed by atoms with E-state index >= 15 is 0 Å². The molecule has 184 valence electrons. The normalized spacial score (nSPS) is 11.1. The predicted octanol–water partition coefficient (Wildman–Crippen LogP) is 3.82. The van der Waals surface area contributed by atoms with E-state index in [1.54, 1.807) is 36.2 Å². The van der Waals surface area contributed by atoms with Crippen LogP contribution in [0.25, 0.3) is 11.4 Å². The Bertz CT molecular complexity index is 1120. The van der Waals surface area contributed by atoms with Gasteiger partial charge in [-0.15, -0.1) is 0 Å². The van der Waals surface area contributed by atoms with E-state index in [1.165, 1.54) is 18.2 Å². The summed E-state index contributed by atoms with van der Waals surface area (Å²) in [4.78, 5) is 32.5. The Morgan fingerprint density at radius 3 is 2.20 bits per heavy atom. The fraction of sp³-hybridized carbons (Fsp3) is 0.250. The van der Waals surface area contributed by atoms with Crippen LogP contribution >= 0.6 is 0 Å². The minimum absolute atomic E-state index is 0.123. The number of hydrogen-bond donors (Lipinski definition) is 1. The summed E-state index contributed by atoms with van der Waals surface area (Å²) in [7, 11) is 1.79. The molecule has 11 heteroatoms. The Labute approximate surface area is 199 Å². The summed E-state index contributed by atoms with van der Waals surface area (Å²) >= 11 is 0. The van der Waals surface area contributed by atoms with Crippen molar-refractivity contribution in [3.8, 4) is 28.8 Å². The average Bonchev–Trinajstić information content (AvgIpc) is 2.86. The summed E-state index contributed by atoms with van der Waals surface area (Å²) in [5.41, 5.74) is -0.0679. The number of benzene rings is 2. The highest BCUT2D eigenvalue weighted by Crippen LogP contribution is 2.31. The largest absolute Gasteiger partial charge is 0.476 e. The second-order valence-corrected chi connectivity index (χ2v) is 7.31. The molecule has 0 bridgehead atoms. The Morgan fingerprint density at radius 1 is 0.971 bits per heavy atom. The maximum absolute atomic E-state index is 12.7. The van der Waals surface area contributed by atoms with Gasteiger partial charge >= 0.3 is 6.18 Å². The molecule has 0 saturated carbocycles. The number of ether oxygens (including phenoxy) is 2. The Hall–Kier alpha value is -3.99. The molecule has 0 unspecified atom stereocenters. The number of aromatic nitrogens is 2. The zero-order valence-electron chi connectivity index (χ0n) is 18.8. The van der Waals surface area contributed by atoms with Crippen LogP contribution in [0, 0.1) is 0 Å². The van der Waals surface area contributed by atoms with Crippen LogP contribution in [0.15, 0.2) is 54.6 Å². The van der Waals surface area contributed by atoms with Crippen molar-refractivity contribution >= 4 is 12.7 Å². The lowest BCUT2D eigenvalue weighted by Gasteiger charge is -2.17. The van der Waals surface area contributed by atoms with Gasteiger partial charge in [-0.2, -0.15) is 18.2 Å². The number of rotatable bonds is 12. The molecule has 0 radical (unpaired) electrons. The highest BCUT2D eigenvalue weighted by atomic mass is 19.4. The number of nitrogens with one attached hydrogen (secondary N) is 1. The van der Waals surface area contributed by atoms with Gasteiger partial charge in [0.05, 0.1) is 12.1 Å². The lowest BCUT2D eigenvalue weighted by molar-refractivity contribution is -0.137. The third-order valence-electron chi connectivity index (χ3n) is 4.80. The molecule has 0 fully saturated rings. The first-order chi connectivity index (χ1) is 16.8. The van der Waals surface area contributed by atoms with Gasteiger partial charge in [0.1, 0.15) is 23.8 Å². The molecule has 3 aromatic rings. The van der Waals surface area contributed by atoms with Gasteiger partial charge in [-0.3, -0.25) is 9.59 Å². The lowest BCUT2D eigenvalue weighted by atomic mass is 10.2. The fourth-order valence-corrected chi connectivity index (χ4v) is 2.97. The molecule has 8 nitrogen and oxygen atoms in total. The van der Waals surface area contributed by atoms with Gasteiger partial charge in [0, 0.05) is 24.7 Å². The fourth-order valence-electron chi connectivity index (χ4n) is 2.97. The number of alkyl halides is 3. The van der Waals surface area contributed by atoms with Crippen molar-refractivity contribution in [1.82, 2.24) is 20.2 Å². The topological polar surface area (TPSA) is 93.7 Å². The Kier molecular flexibility index (Phi) is 8.74. The van der Waals surface area contributed by atoms with Gasteiger partial charge in [0.15, 0.2) is 12.1 Å². The quantitative estimate of drug-likeness (QED) is 0.388. The zero-order valence-corrected chi connectivity index (χ0v) is 18.8. The van der Waals surface area contributed by atoms with Crippen molar-refractivity contribution in [2.45, 2.75) is 6.18 Å². The van der Waals surface area contributed by atoms with Crippen LogP contribution < -0.4 is 14.8 Å². The highest BCUT2D eigenvalue weighted by molar-refractivity contribution is 5.73. The van der Waals surface area contributed by atoms with Crippen molar-refractivity contribution in [2.24, 2.45) is 0 Å². The summed E-state index contributed by atoms with van der Waals surface area (Å²) in [6, 6.07) is 12.3. The van der Waals surface area contributed by atoms with Gasteiger partial charge in [-0.25, -0.2) is 4.98 Å². The molecule has 1 heterocycles. The van der Waals surface area contributed by atoms with Gasteiger partial charge in [0.25, 0.3) is 0 Å². The number of carbonyl (C=O) groups excluding carboxylic acids is 2. The van der Waals surface area contributed by atoms with Gasteiger partial charge in [0.2, 0.25) is 12.3 Å². The van der Waals surface area contributed by atoms with Crippen molar-refractivity contribution < 1.29 is 32.2 Å². The van der Waals surface area contributed by atoms with Crippen LogP contribution in [-0.2, 0) is 11.0 Å². The minimum Gasteiger partial charge on any atom is -0.476 e. The van der Waals surface area contributed by atoms with E-state index in [9.17, 15) is 22.8 Å². The summed E-state index contributed by atoms with van der Waals surface area (Å²) in [6.45, 7) is 1.69. The van der Waals surface area contributed by atoms with E-state index in [1.807, 2.05) is 0 Å². The number of aldehydes is 1. The highest BCUT2D eigenvalue weighted by Gasteiger charge is 2.30. The second kappa shape index (κ2) is 11.9. The smallest absolute Gasteiger partial charge is 0.416 e. The molecule has 0 aliphatic heterocycles. The summed E-state index contributed by atoms with van der Waals surface area (Å²) in [5, 5.41) is 2.96. The van der Waals surface area contributed by atoms with E-state index in [0.29, 0.717) is 37.2 Å². The molecule has 1 amide bonds. The van der Waals surface area contributed by atoms with E-state index in [-0.39, 0.29) is 29.8 Å². The average molecular weight is 488 g/mol. The molecular weight excluding hydrogens is 465 g/mol. The van der Waals surface area contributed by atoms with Crippen LogP contribution in [0.3, 0.4) is 0 Å². The zero-order chi connectivity index (χ0) is 25.3. The molecule has 3 rings (SSSR count). The monoisotopic (exact) mass is 488 g/mol. The van der Waals surface area contributed by atoms with Crippen molar-refractivity contribution in [2.75, 3.05) is 33.3 Å². The molecule has 1 N–H and O–H groups in total. The Morgan fingerprint density at radius 2 is 1.63 bits per heavy atom. The molecule has 0 spiro atoms. The lowest BCUT2D eigenvalue weighted by Crippen LogP contribution is -2.33. The molecule has 0 aliphatic carbocycles. The maximum Gasteiger partial charge on any atom is 0.416 e. The van der Waals surface area contributed by atoms with E-state index in [4.69, 9.17) is 9.47 Å². The molecule has 35 heavy (non-hydrogen) atoms. The van der Waals surface area contributed by atoms with E-state index in [0.717, 1.165) is 18.5 Å². The minimum atomic E-state index is -4.42. The van der Waals surface area contributed by atoms with Gasteiger partial charge in [-0.05, 0) is 55.6 Å². The second-order valence-electron chi connectivity index (χ2n) is 7.31. The predicted molar refractivity (Wildman–Crippen MR) is 121 cm³/mol. The first kappa shape index (κ1) is 25.6. The number of nitrogens with zero attached hydrogens (tertiary/aromatic N) is 3. The molecule has 0 aliphatic rings. The number of halogens is 3. The van der Waals surface area contributed by atoms with Crippen LogP contribution in [0.1, 0.15) is 16.1 Å². The van der Waals surface area contributed by atoms with Gasteiger partial charge in [-0.1, -0.05) is 0 Å². The van der Waals surface area contributed by atoms with Crippen molar-refractivity contribution in [3.63, 3.8) is 0 Å². The van der Waals surface area contributed by atoms with Crippen LogP contribution in [0.2, 0.25) is 0 Å². The summed E-state index contributed by atoms with van der Waals surface area (Å²) < 4.78 is 49.3. The summed E-state index contributed by atoms with van der Waals surface area (Å²) in [5.74, 6) is 1.07. The van der Waals surface area contributed by atoms with E-state index < -0.39 is 11.7 Å². The van der Waals surface area contributed by atoms with Crippen molar-refractivity contribution in [1.29, 1.82) is 0 Å². The first-order valence-electron chi connectivity index (χ1n) is 10.6. The third-order valence-corrected chi connectivity index (χ3v) is 4.80. The number of carbonyl (C=O) groups is 2. The summed E-state index contributed by atoms with van der Waals surface area (Å²) in [6.07, 6.45) is -3.11. The molecular formula is C24H23F3N4O4. The van der Waals surface area contributed by atoms with Gasteiger partial charge < -0.3 is 19.7 Å². The van der Waals surface area contributed by atoms with Crippen LogP contribution in [0.5, 0.6) is 17.4 Å². The van der Waals surface area contributed by atoms with Crippen molar-refractivity contribution in [3.05, 3.63) is 65.9 Å². The van der Waals surface area contributed by atoms with Crippen LogP contribution in [-0.4, -0.2) is 60.9 Å². The molecule has 0 atom stereocenters. The first-order valence-corrected chi connectivity index (χ1v) is 10.6. The standard InChI is InChI=1S/C24H23F3N4O4/c1-28-10-11-31(16-33)12-13-34-22-14-19(15-32)29-23(30-22)17-2-6-20(7-3-17)35-21-8-4-18(5-9-21)24(25,26)27/h2-9,14-16,28H,10-13H2,1H3. The third kappa shape index (κ3) is 7.51. The molecule has 2 aromatic carbocycles. The Balaban J connectivity index is 1.67. The van der Waals surface area contributed by atoms with Crippen LogP contribution in [0.4, 0.5) is 13.2 Å². The number of amides is 1. The SMILES string of the molecule is CNCCN(C=O)CCOc1cc(C=O)nc(-c2ccc(Oc3ccc(C(F)(F)F)cc3)cc2)n1. The maximum atomic E-state index is 12.7. The molecule has 0 saturated heterocycles.